The Morgan fingerprint density at radius 2 is 1.56 bits per heavy atom. The van der Waals surface area contributed by atoms with Crippen LogP contribution < -0.4 is 15.8 Å². The lowest BCUT2D eigenvalue weighted by Crippen LogP contribution is -2.60. The summed E-state index contributed by atoms with van der Waals surface area (Å²) in [7, 11) is 4.86. The number of amides is 1. The van der Waals surface area contributed by atoms with E-state index in [0.29, 0.717) is 24.6 Å². The van der Waals surface area contributed by atoms with E-state index in [1.807, 2.05) is 85.5 Å². The highest BCUT2D eigenvalue weighted by atomic mass is 32.2. The number of hydrogen-bond donors (Lipinski definition) is 2. The van der Waals surface area contributed by atoms with Crippen LogP contribution in [0.5, 0.6) is 5.75 Å². The Kier molecular flexibility index (Phi) is 11.2. The molecule has 1 atom stereocenters. The molecule has 0 radical (unpaired) electrons. The number of ether oxygens (including phenoxy) is 1. The molecule has 2 aliphatic heterocycles. The molecule has 3 aromatic carbocycles. The van der Waals surface area contributed by atoms with Gasteiger partial charge in [0.25, 0.3) is 0 Å². The van der Waals surface area contributed by atoms with Crippen molar-refractivity contribution in [3.8, 4) is 17.6 Å². The van der Waals surface area contributed by atoms with Crippen LogP contribution in [-0.4, -0.2) is 73.4 Å². The van der Waals surface area contributed by atoms with Crippen LogP contribution in [0.25, 0.3) is 0 Å². The molecule has 3 aromatic rings. The lowest BCUT2D eigenvalue weighted by Gasteiger charge is -2.36. The van der Waals surface area contributed by atoms with Crippen molar-refractivity contribution in [3.05, 3.63) is 126 Å². The Balaban J connectivity index is 1.25. The van der Waals surface area contributed by atoms with Crippen molar-refractivity contribution in [1.29, 1.82) is 0 Å². The number of hydrazone groups is 1. The van der Waals surface area contributed by atoms with Gasteiger partial charge in [-0.25, -0.2) is 4.60 Å². The number of fused-ring (bicyclic) bond motifs is 1. The summed E-state index contributed by atoms with van der Waals surface area (Å²) < 4.78 is 18.2. The van der Waals surface area contributed by atoms with Gasteiger partial charge in [-0.1, -0.05) is 84.6 Å². The molecular weight excluding hydrogens is 621 g/mol. The molecule has 248 valence electrons. The predicted octanol–water partition coefficient (Wildman–Crippen LogP) is 4.86. The standard InChI is InChI=1S/C37H42BN5O4S/c1-28(2)43-38(46-4,47-5)42-26-29(19-24-35(42)41-43)14-12-13-25-40-36(44)34(39)27-48-37(30-15-8-6-9-16-30,31-17-10-7-11-18-31)32-20-22-33(45-3)23-21-32/h6-11,15-24,26,34H,13,25,27,39H2,1-5H3,(H,40,44)/t34-/m0/s1. The number of thioether (sulfide) groups is 1. The zero-order valence-corrected chi connectivity index (χ0v) is 28.9. The third-order valence-electron chi connectivity index (χ3n) is 8.35. The van der Waals surface area contributed by atoms with Gasteiger partial charge in [0.1, 0.15) is 11.5 Å². The second-order valence-corrected chi connectivity index (χ2v) is 12.8. The van der Waals surface area contributed by atoms with Gasteiger partial charge in [0.05, 0.1) is 17.9 Å². The molecule has 1 amide bonds. The molecule has 11 heteroatoms. The maximum atomic E-state index is 13.2. The lowest BCUT2D eigenvalue weighted by molar-refractivity contribution is -0.442. The first-order chi connectivity index (χ1) is 23.3. The van der Waals surface area contributed by atoms with Crippen molar-refractivity contribution in [3.63, 3.8) is 0 Å². The fourth-order valence-corrected chi connectivity index (χ4v) is 7.43. The quantitative estimate of drug-likeness (QED) is 0.124. The molecule has 0 unspecified atom stereocenters. The van der Waals surface area contributed by atoms with Gasteiger partial charge in [0.15, 0.2) is 5.84 Å². The highest BCUT2D eigenvalue weighted by molar-refractivity contribution is 8.00. The summed E-state index contributed by atoms with van der Waals surface area (Å²) in [6.07, 6.45) is 6.13. The van der Waals surface area contributed by atoms with Crippen LogP contribution in [-0.2, 0) is 18.9 Å². The lowest BCUT2D eigenvalue weighted by atomic mass is 9.84. The topological polar surface area (TPSA) is 101 Å². The number of nitrogens with two attached hydrogens (primary N) is 1. The average Bonchev–Trinajstić information content (AvgIpc) is 3.47. The fraction of sp³-hybridized carbons (Fsp3) is 0.270. The van der Waals surface area contributed by atoms with Gasteiger partial charge < -0.3 is 29.9 Å². The van der Waals surface area contributed by atoms with E-state index >= 15 is 0 Å². The highest BCUT2D eigenvalue weighted by Crippen LogP contribution is 2.48. The number of rotatable bonds is 12. The van der Waals surface area contributed by atoms with E-state index in [-0.39, 0.29) is 5.91 Å². The van der Waals surface area contributed by atoms with Crippen molar-refractivity contribution in [1.82, 2.24) is 10.1 Å². The summed E-state index contributed by atoms with van der Waals surface area (Å²) >= 11 is 1.65. The van der Waals surface area contributed by atoms with Crippen LogP contribution in [0, 0.1) is 11.8 Å². The molecule has 0 saturated carbocycles. The SMILES string of the molecule is COc1ccc(C(SC[C@H](N)C(=O)NCCC#CC2=CN3C(=N[N+](=C(C)C)[B-]3(OC)OC)C=C2)(c2ccccc2)c2ccccc2)cc1. The Labute approximate surface area is 287 Å². The summed E-state index contributed by atoms with van der Waals surface area (Å²) in [5.41, 5.74) is 11.5. The van der Waals surface area contributed by atoms with Gasteiger partial charge in [-0.15, -0.1) is 11.8 Å². The third-order valence-corrected chi connectivity index (χ3v) is 10.0. The summed E-state index contributed by atoms with van der Waals surface area (Å²) in [5.74, 6) is 7.99. The number of nitrogens with one attached hydrogen (secondary N) is 1. The number of nitrogens with zero attached hydrogens (tertiary/aromatic N) is 3. The second-order valence-electron chi connectivity index (χ2n) is 11.6. The summed E-state index contributed by atoms with van der Waals surface area (Å²) in [5, 5.41) is 7.61. The van der Waals surface area contributed by atoms with Gasteiger partial charge in [-0.05, 0) is 66.5 Å². The molecule has 5 rings (SSSR count). The van der Waals surface area contributed by atoms with Crippen LogP contribution in [0.3, 0.4) is 0 Å². The zero-order chi connectivity index (χ0) is 34.1. The molecule has 48 heavy (non-hydrogen) atoms. The molecule has 9 nitrogen and oxygen atoms in total. The molecule has 0 spiro atoms. The van der Waals surface area contributed by atoms with Crippen LogP contribution in [0.4, 0.5) is 0 Å². The number of carbonyl (C=O) groups excluding carboxylic acids is 1. The summed E-state index contributed by atoms with van der Waals surface area (Å²) in [4.78, 5) is 15.0. The normalized spacial score (nSPS) is 15.5. The predicted molar refractivity (Wildman–Crippen MR) is 194 cm³/mol. The molecule has 0 bridgehead atoms. The minimum Gasteiger partial charge on any atom is -0.497 e. The zero-order valence-electron chi connectivity index (χ0n) is 28.1. The summed E-state index contributed by atoms with van der Waals surface area (Å²) in [6.45, 7) is 2.26. The maximum absolute atomic E-state index is 13.2. The Morgan fingerprint density at radius 1 is 0.958 bits per heavy atom. The van der Waals surface area contributed by atoms with E-state index in [1.165, 1.54) is 0 Å². The third kappa shape index (κ3) is 6.98. The molecule has 2 heterocycles. The number of methoxy groups -OCH3 is 1. The molecule has 0 fully saturated rings. The van der Waals surface area contributed by atoms with E-state index in [2.05, 4.69) is 58.7 Å². The number of hydrogen-bond acceptors (Lipinski definition) is 8. The first kappa shape index (κ1) is 34.7. The minimum atomic E-state index is -2.02. The van der Waals surface area contributed by atoms with Crippen LogP contribution in [0.1, 0.15) is 37.0 Å². The fourth-order valence-electron chi connectivity index (χ4n) is 5.94. The smallest absolute Gasteiger partial charge is 0.497 e. The average molecular weight is 664 g/mol. The van der Waals surface area contributed by atoms with E-state index in [1.54, 1.807) is 37.7 Å². The molecule has 0 aromatic heterocycles. The van der Waals surface area contributed by atoms with Crippen molar-refractivity contribution in [2.45, 2.75) is 31.1 Å². The molecule has 0 aliphatic carbocycles. The summed E-state index contributed by atoms with van der Waals surface area (Å²) in [6, 6.07) is 28.0. The molecular formula is C37H42BN5O4S. The first-order valence-electron chi connectivity index (χ1n) is 15.8. The van der Waals surface area contributed by atoms with E-state index in [9.17, 15) is 4.79 Å². The van der Waals surface area contributed by atoms with Crippen molar-refractivity contribution in [2.75, 3.05) is 33.6 Å². The Bertz CT molecular complexity index is 1740. The van der Waals surface area contributed by atoms with E-state index in [4.69, 9.17) is 19.8 Å². The second kappa shape index (κ2) is 15.5. The largest absolute Gasteiger partial charge is 0.690 e. The molecule has 2 aliphatic rings. The van der Waals surface area contributed by atoms with Crippen LogP contribution >= 0.6 is 11.8 Å². The molecule has 0 saturated heterocycles. The monoisotopic (exact) mass is 663 g/mol. The Hall–Kier alpha value is -4.60. The number of allylic oxidation sites excluding steroid dienone is 2. The van der Waals surface area contributed by atoms with Gasteiger partial charge in [0, 0.05) is 38.1 Å². The number of carbonyl (C=O) groups is 1. The highest BCUT2D eigenvalue weighted by Gasteiger charge is 2.56. The Morgan fingerprint density at radius 3 is 2.12 bits per heavy atom. The first-order valence-corrected chi connectivity index (χ1v) is 16.8. The van der Waals surface area contributed by atoms with Crippen molar-refractivity contribution < 1.29 is 23.4 Å². The van der Waals surface area contributed by atoms with Gasteiger partial charge in [-0.2, -0.15) is 0 Å². The van der Waals surface area contributed by atoms with Gasteiger partial charge in [-0.3, -0.25) is 4.79 Å². The van der Waals surface area contributed by atoms with Crippen LogP contribution in [0.15, 0.2) is 114 Å². The van der Waals surface area contributed by atoms with Gasteiger partial charge >= 0.3 is 6.82 Å². The van der Waals surface area contributed by atoms with Crippen LogP contribution in [0.2, 0.25) is 0 Å². The number of benzene rings is 3. The van der Waals surface area contributed by atoms with E-state index < -0.39 is 17.6 Å². The van der Waals surface area contributed by atoms with Crippen molar-refractivity contribution >= 4 is 36.0 Å². The van der Waals surface area contributed by atoms with Gasteiger partial charge in [0.2, 0.25) is 5.91 Å². The minimum absolute atomic E-state index is 0.220. The number of amidine groups is 1. The maximum Gasteiger partial charge on any atom is 0.690 e. The van der Waals surface area contributed by atoms with E-state index in [0.717, 1.165) is 33.7 Å². The van der Waals surface area contributed by atoms with Crippen molar-refractivity contribution in [2.24, 2.45) is 10.8 Å². The molecule has 3 N–H and O–H groups in total.